The lowest BCUT2D eigenvalue weighted by molar-refractivity contribution is -0.126. The van der Waals surface area contributed by atoms with E-state index in [0.717, 1.165) is 23.3 Å². The van der Waals surface area contributed by atoms with Crippen molar-refractivity contribution in [2.45, 2.75) is 25.2 Å². The minimum absolute atomic E-state index is 0.00909. The van der Waals surface area contributed by atoms with Crippen LogP contribution in [-0.2, 0) is 10.2 Å². The maximum Gasteiger partial charge on any atom is 0.314 e. The topological polar surface area (TPSA) is 105 Å². The number of amides is 4. The zero-order valence-electron chi connectivity index (χ0n) is 17.5. The summed E-state index contributed by atoms with van der Waals surface area (Å²) in [5, 5.41) is 4.89. The lowest BCUT2D eigenvalue weighted by Crippen LogP contribution is -2.67. The van der Waals surface area contributed by atoms with Gasteiger partial charge in [0.15, 0.2) is 0 Å². The SMILES string of the molecule is CNC(=O)c1cc(Cl)c(F)cc1NC(=O)C1(c2ccccc2C(C)C)CN(C(N)=O)C1. The zero-order chi connectivity index (χ0) is 22.9. The van der Waals surface area contributed by atoms with Gasteiger partial charge in [0, 0.05) is 20.1 Å². The van der Waals surface area contributed by atoms with Gasteiger partial charge in [-0.1, -0.05) is 49.7 Å². The van der Waals surface area contributed by atoms with Gasteiger partial charge in [-0.2, -0.15) is 0 Å². The molecule has 2 aromatic carbocycles. The van der Waals surface area contributed by atoms with Crippen molar-refractivity contribution in [3.8, 4) is 0 Å². The standard InChI is InChI=1S/C22H24ClFN4O3/c1-12(2)13-6-4-5-7-15(13)22(10-28(11-22)21(25)31)20(30)27-18-9-17(24)16(23)8-14(18)19(29)26-3/h4-9,12H,10-11H2,1-3H3,(H2,25,31)(H,26,29)(H,27,30). The predicted molar refractivity (Wildman–Crippen MR) is 117 cm³/mol. The maximum absolute atomic E-state index is 14.1. The van der Waals surface area contributed by atoms with E-state index >= 15 is 0 Å². The molecule has 4 N–H and O–H groups in total. The molecule has 3 rings (SSSR count). The number of hydrogen-bond acceptors (Lipinski definition) is 3. The molecule has 1 fully saturated rings. The van der Waals surface area contributed by atoms with Gasteiger partial charge in [0.2, 0.25) is 5.91 Å². The van der Waals surface area contributed by atoms with E-state index in [-0.39, 0.29) is 35.3 Å². The highest BCUT2D eigenvalue weighted by Gasteiger charge is 2.53. The van der Waals surface area contributed by atoms with Crippen molar-refractivity contribution in [1.29, 1.82) is 0 Å². The molecule has 0 saturated carbocycles. The van der Waals surface area contributed by atoms with E-state index in [0.29, 0.717) is 0 Å². The molecule has 1 aliphatic rings. The van der Waals surface area contributed by atoms with Crippen LogP contribution in [-0.4, -0.2) is 42.9 Å². The molecule has 0 atom stereocenters. The van der Waals surface area contributed by atoms with Crippen LogP contribution in [0, 0.1) is 5.82 Å². The van der Waals surface area contributed by atoms with Gasteiger partial charge in [-0.3, -0.25) is 9.59 Å². The molecule has 0 spiro atoms. The summed E-state index contributed by atoms with van der Waals surface area (Å²) in [6.07, 6.45) is 0. The van der Waals surface area contributed by atoms with Gasteiger partial charge in [-0.15, -0.1) is 0 Å². The Balaban J connectivity index is 2.06. The molecular formula is C22H24ClFN4O3. The minimum atomic E-state index is -1.09. The van der Waals surface area contributed by atoms with Gasteiger partial charge in [0.05, 0.1) is 16.3 Å². The summed E-state index contributed by atoms with van der Waals surface area (Å²) in [5.74, 6) is -1.64. The van der Waals surface area contributed by atoms with Crippen LogP contribution in [0.4, 0.5) is 14.9 Å². The van der Waals surface area contributed by atoms with E-state index in [2.05, 4.69) is 10.6 Å². The van der Waals surface area contributed by atoms with Gasteiger partial charge >= 0.3 is 6.03 Å². The summed E-state index contributed by atoms with van der Waals surface area (Å²) in [5.41, 5.74) is 6.05. The van der Waals surface area contributed by atoms with Crippen LogP contribution in [0.3, 0.4) is 0 Å². The van der Waals surface area contributed by atoms with E-state index in [9.17, 15) is 18.8 Å². The predicted octanol–water partition coefficient (Wildman–Crippen LogP) is 3.23. The number of halogens is 2. The van der Waals surface area contributed by atoms with Crippen molar-refractivity contribution in [3.63, 3.8) is 0 Å². The lowest BCUT2D eigenvalue weighted by Gasteiger charge is -2.49. The number of rotatable bonds is 5. The Morgan fingerprint density at radius 1 is 1.19 bits per heavy atom. The second kappa shape index (κ2) is 8.55. The van der Waals surface area contributed by atoms with Crippen LogP contribution in [0.25, 0.3) is 0 Å². The fourth-order valence-corrected chi connectivity index (χ4v) is 4.01. The number of carbonyl (C=O) groups is 3. The summed E-state index contributed by atoms with van der Waals surface area (Å²) >= 11 is 5.83. The van der Waals surface area contributed by atoms with Crippen LogP contribution in [0.5, 0.6) is 0 Å². The highest BCUT2D eigenvalue weighted by atomic mass is 35.5. The number of nitrogens with two attached hydrogens (primary N) is 1. The number of likely N-dealkylation sites (tertiary alicyclic amines) is 1. The number of hydrogen-bond donors (Lipinski definition) is 3. The average Bonchev–Trinajstić information content (AvgIpc) is 2.69. The number of urea groups is 1. The van der Waals surface area contributed by atoms with Crippen molar-refractivity contribution < 1.29 is 18.8 Å². The van der Waals surface area contributed by atoms with Crippen molar-refractivity contribution in [2.75, 3.05) is 25.5 Å². The smallest absolute Gasteiger partial charge is 0.314 e. The van der Waals surface area contributed by atoms with E-state index in [1.165, 1.54) is 11.9 Å². The number of primary amides is 1. The Kier molecular flexibility index (Phi) is 6.22. The number of benzene rings is 2. The fourth-order valence-electron chi connectivity index (χ4n) is 3.85. The third kappa shape index (κ3) is 4.07. The Labute approximate surface area is 184 Å². The van der Waals surface area contributed by atoms with Crippen LogP contribution >= 0.6 is 11.6 Å². The molecular weight excluding hydrogens is 423 g/mol. The first kappa shape index (κ1) is 22.6. The lowest BCUT2D eigenvalue weighted by atomic mass is 9.69. The molecule has 0 unspecified atom stereocenters. The quantitative estimate of drug-likeness (QED) is 0.656. The van der Waals surface area contributed by atoms with Gasteiger partial charge in [0.1, 0.15) is 11.2 Å². The molecule has 4 amide bonds. The second-order valence-corrected chi connectivity index (χ2v) is 8.27. The minimum Gasteiger partial charge on any atom is -0.355 e. The first-order chi connectivity index (χ1) is 14.6. The zero-order valence-corrected chi connectivity index (χ0v) is 18.2. The number of nitrogens with zero attached hydrogens (tertiary/aromatic N) is 1. The molecule has 1 saturated heterocycles. The summed E-state index contributed by atoms with van der Waals surface area (Å²) in [6, 6.07) is 9.02. The van der Waals surface area contributed by atoms with Gasteiger partial charge < -0.3 is 21.3 Å². The average molecular weight is 447 g/mol. The summed E-state index contributed by atoms with van der Waals surface area (Å²) < 4.78 is 14.1. The van der Waals surface area contributed by atoms with Crippen LogP contribution in [0.1, 0.15) is 41.3 Å². The normalized spacial score (nSPS) is 14.7. The van der Waals surface area contributed by atoms with E-state index in [1.807, 2.05) is 38.1 Å². The molecule has 1 aliphatic heterocycles. The highest BCUT2D eigenvalue weighted by Crippen LogP contribution is 2.40. The molecule has 0 radical (unpaired) electrons. The molecule has 31 heavy (non-hydrogen) atoms. The molecule has 0 aromatic heterocycles. The van der Waals surface area contributed by atoms with Gasteiger partial charge in [-0.25, -0.2) is 9.18 Å². The number of carbonyl (C=O) groups excluding carboxylic acids is 3. The third-order valence-corrected chi connectivity index (χ3v) is 5.84. The van der Waals surface area contributed by atoms with Crippen molar-refractivity contribution in [1.82, 2.24) is 10.2 Å². The third-order valence-electron chi connectivity index (χ3n) is 5.55. The molecule has 1 heterocycles. The fraction of sp³-hybridized carbons (Fsp3) is 0.318. The first-order valence-electron chi connectivity index (χ1n) is 9.77. The van der Waals surface area contributed by atoms with Crippen LogP contribution in [0.15, 0.2) is 36.4 Å². The van der Waals surface area contributed by atoms with E-state index < -0.39 is 29.1 Å². The summed E-state index contributed by atoms with van der Waals surface area (Å²) in [7, 11) is 1.42. The second-order valence-electron chi connectivity index (χ2n) is 7.86. The Hall–Kier alpha value is -3.13. The first-order valence-corrected chi connectivity index (χ1v) is 10.1. The maximum atomic E-state index is 14.1. The number of nitrogens with one attached hydrogen (secondary N) is 2. The largest absolute Gasteiger partial charge is 0.355 e. The molecule has 164 valence electrons. The summed E-state index contributed by atoms with van der Waals surface area (Å²) in [6.45, 7) is 4.16. The van der Waals surface area contributed by atoms with E-state index in [4.69, 9.17) is 17.3 Å². The van der Waals surface area contributed by atoms with Crippen molar-refractivity contribution in [3.05, 3.63) is 63.9 Å². The molecule has 9 heteroatoms. The Morgan fingerprint density at radius 2 is 1.84 bits per heavy atom. The highest BCUT2D eigenvalue weighted by molar-refractivity contribution is 6.31. The van der Waals surface area contributed by atoms with Crippen LogP contribution in [0.2, 0.25) is 5.02 Å². The molecule has 0 aliphatic carbocycles. The van der Waals surface area contributed by atoms with Crippen molar-refractivity contribution in [2.24, 2.45) is 5.73 Å². The van der Waals surface area contributed by atoms with Gasteiger partial charge in [0.25, 0.3) is 5.91 Å². The molecule has 7 nitrogen and oxygen atoms in total. The Morgan fingerprint density at radius 3 is 2.42 bits per heavy atom. The van der Waals surface area contributed by atoms with E-state index in [1.54, 1.807) is 0 Å². The summed E-state index contributed by atoms with van der Waals surface area (Å²) in [4.78, 5) is 38.8. The van der Waals surface area contributed by atoms with Crippen LogP contribution < -0.4 is 16.4 Å². The molecule has 0 bridgehead atoms. The monoisotopic (exact) mass is 446 g/mol. The molecule has 2 aromatic rings. The van der Waals surface area contributed by atoms with Gasteiger partial charge in [-0.05, 0) is 29.2 Å². The van der Waals surface area contributed by atoms with Crippen molar-refractivity contribution >= 4 is 35.1 Å². The Bertz CT molecular complexity index is 1050. The number of anilines is 1.